The Morgan fingerprint density at radius 2 is 1.68 bits per heavy atom. The number of carbonyl (C=O) groups is 2. The monoisotopic (exact) mass is 523 g/mol. The molecule has 0 fully saturated rings. The molecule has 194 valence electrons. The van der Waals surface area contributed by atoms with E-state index in [9.17, 15) is 18.0 Å². The van der Waals surface area contributed by atoms with Gasteiger partial charge in [0.1, 0.15) is 12.3 Å². The van der Waals surface area contributed by atoms with Crippen molar-refractivity contribution in [1.82, 2.24) is 5.43 Å². The summed E-state index contributed by atoms with van der Waals surface area (Å²) in [7, 11) is -2.76. The number of carbonyl (C=O) groups excluding carboxylic acids is 2. The number of esters is 1. The number of rotatable bonds is 10. The molecule has 0 aliphatic rings. The Labute approximate surface area is 216 Å². The smallest absolute Gasteiger partial charge is 0.343 e. The molecule has 3 rings (SSSR count). The second kappa shape index (κ2) is 12.2. The van der Waals surface area contributed by atoms with Crippen molar-refractivity contribution in [3.8, 4) is 5.75 Å². The molecule has 3 aromatic rings. The first-order valence-electron chi connectivity index (χ1n) is 11.4. The second-order valence-electron chi connectivity index (χ2n) is 8.35. The normalized spacial score (nSPS) is 11.2. The highest BCUT2D eigenvalue weighted by molar-refractivity contribution is 7.92. The molecule has 37 heavy (non-hydrogen) atoms. The molecule has 1 amide bonds. The minimum absolute atomic E-state index is 0.0816. The van der Waals surface area contributed by atoms with Crippen molar-refractivity contribution in [2.24, 2.45) is 5.10 Å². The summed E-state index contributed by atoms with van der Waals surface area (Å²) in [5, 5.41) is 3.95. The number of amides is 1. The van der Waals surface area contributed by atoms with Crippen LogP contribution in [-0.4, -0.2) is 46.8 Å². The first-order chi connectivity index (χ1) is 17.6. The van der Waals surface area contributed by atoms with E-state index in [0.717, 1.165) is 21.0 Å². The summed E-state index contributed by atoms with van der Waals surface area (Å²) >= 11 is 0. The van der Waals surface area contributed by atoms with Crippen LogP contribution in [-0.2, 0) is 24.3 Å². The van der Waals surface area contributed by atoms with Crippen molar-refractivity contribution in [1.29, 1.82) is 0 Å². The summed E-state index contributed by atoms with van der Waals surface area (Å²) < 4.78 is 38.0. The molecule has 0 spiro atoms. The minimum atomic E-state index is -4.03. The molecule has 0 unspecified atom stereocenters. The van der Waals surface area contributed by atoms with Gasteiger partial charge in [0.2, 0.25) is 0 Å². The lowest BCUT2D eigenvalue weighted by atomic mass is 10.1. The highest BCUT2D eigenvalue weighted by Crippen LogP contribution is 2.27. The Morgan fingerprint density at radius 1 is 0.973 bits per heavy atom. The van der Waals surface area contributed by atoms with E-state index in [0.29, 0.717) is 17.0 Å². The van der Waals surface area contributed by atoms with Crippen LogP contribution >= 0.6 is 0 Å². The summed E-state index contributed by atoms with van der Waals surface area (Å²) in [6.07, 6.45) is 1.39. The number of ether oxygens (including phenoxy) is 2. The molecule has 0 aromatic heterocycles. The van der Waals surface area contributed by atoms with E-state index < -0.39 is 28.4 Å². The summed E-state index contributed by atoms with van der Waals surface area (Å²) in [6.45, 7) is 4.86. The third-order valence-electron chi connectivity index (χ3n) is 5.36. The number of methoxy groups -OCH3 is 1. The molecule has 0 bridgehead atoms. The number of aryl methyl sites for hydroxylation is 3. The van der Waals surface area contributed by atoms with Gasteiger partial charge in [0.15, 0.2) is 6.61 Å². The Hall–Kier alpha value is -4.18. The van der Waals surface area contributed by atoms with Gasteiger partial charge in [-0.3, -0.25) is 9.10 Å². The lowest BCUT2D eigenvalue weighted by molar-refractivity contribution is -0.142. The third kappa shape index (κ3) is 7.40. The highest BCUT2D eigenvalue weighted by Gasteiger charge is 2.28. The maximum Gasteiger partial charge on any atom is 0.343 e. The molecule has 0 aliphatic carbocycles. The van der Waals surface area contributed by atoms with E-state index in [1.165, 1.54) is 25.5 Å². The zero-order chi connectivity index (χ0) is 27.0. The average molecular weight is 524 g/mol. The van der Waals surface area contributed by atoms with E-state index in [4.69, 9.17) is 4.74 Å². The topological polar surface area (TPSA) is 114 Å². The summed E-state index contributed by atoms with van der Waals surface area (Å²) in [4.78, 5) is 24.1. The van der Waals surface area contributed by atoms with Crippen LogP contribution in [0.5, 0.6) is 5.75 Å². The van der Waals surface area contributed by atoms with Gasteiger partial charge in [0.05, 0.1) is 23.9 Å². The molecular formula is C27H29N3O6S. The van der Waals surface area contributed by atoms with E-state index in [1.807, 2.05) is 19.9 Å². The predicted molar refractivity (Wildman–Crippen MR) is 141 cm³/mol. The molecule has 3 aromatic carbocycles. The zero-order valence-corrected chi connectivity index (χ0v) is 21.9. The zero-order valence-electron chi connectivity index (χ0n) is 21.1. The summed E-state index contributed by atoms with van der Waals surface area (Å²) in [5.74, 6) is -0.712. The van der Waals surface area contributed by atoms with Crippen LogP contribution in [0, 0.1) is 20.8 Å². The number of hydrogen-bond donors (Lipinski definition) is 1. The van der Waals surface area contributed by atoms with Crippen molar-refractivity contribution in [3.63, 3.8) is 0 Å². The van der Waals surface area contributed by atoms with Crippen LogP contribution in [0.2, 0.25) is 0 Å². The van der Waals surface area contributed by atoms with Crippen LogP contribution < -0.4 is 14.5 Å². The van der Waals surface area contributed by atoms with E-state index >= 15 is 0 Å². The van der Waals surface area contributed by atoms with Gasteiger partial charge < -0.3 is 9.47 Å². The fraction of sp³-hybridized carbons (Fsp3) is 0.222. The van der Waals surface area contributed by atoms with E-state index in [1.54, 1.807) is 55.5 Å². The molecule has 0 aliphatic heterocycles. The largest absolute Gasteiger partial charge is 0.482 e. The van der Waals surface area contributed by atoms with E-state index in [-0.39, 0.29) is 11.5 Å². The third-order valence-corrected chi connectivity index (χ3v) is 7.14. The lowest BCUT2D eigenvalue weighted by Crippen LogP contribution is -2.40. The first-order valence-corrected chi connectivity index (χ1v) is 12.8. The lowest BCUT2D eigenvalue weighted by Gasteiger charge is -2.25. The second-order valence-corrected chi connectivity index (χ2v) is 10.2. The van der Waals surface area contributed by atoms with Crippen molar-refractivity contribution in [2.75, 3.05) is 24.6 Å². The summed E-state index contributed by atoms with van der Waals surface area (Å²) in [5.41, 5.74) is 6.00. The number of anilines is 1. The van der Waals surface area contributed by atoms with Crippen LogP contribution in [0.1, 0.15) is 22.3 Å². The molecule has 1 N–H and O–H groups in total. The fourth-order valence-electron chi connectivity index (χ4n) is 3.45. The minimum Gasteiger partial charge on any atom is -0.482 e. The Balaban J connectivity index is 1.78. The van der Waals surface area contributed by atoms with Crippen LogP contribution in [0.15, 0.2) is 76.7 Å². The van der Waals surface area contributed by atoms with Gasteiger partial charge in [-0.1, -0.05) is 47.5 Å². The number of hydrogen-bond acceptors (Lipinski definition) is 7. The predicted octanol–water partition coefficient (Wildman–Crippen LogP) is 3.51. The molecule has 0 atom stereocenters. The van der Waals surface area contributed by atoms with Crippen LogP contribution in [0.4, 0.5) is 5.69 Å². The number of nitrogens with zero attached hydrogens (tertiary/aromatic N) is 2. The number of hydrazone groups is 1. The Morgan fingerprint density at radius 3 is 2.35 bits per heavy atom. The molecular weight excluding hydrogens is 494 g/mol. The van der Waals surface area contributed by atoms with Gasteiger partial charge in [0, 0.05) is 0 Å². The standard InChI is InChI=1S/C27H29N3O6S/c1-19-8-11-24(12-9-19)37(33,34)30(25-13-10-20(2)14-21(25)3)17-26(31)29-28-16-22-6-5-7-23(15-22)36-18-27(32)35-4/h5-16H,17-18H2,1-4H3,(H,29,31)/b28-16-. The molecule has 0 heterocycles. The van der Waals surface area contributed by atoms with Crippen LogP contribution in [0.25, 0.3) is 0 Å². The highest BCUT2D eigenvalue weighted by atomic mass is 32.2. The first kappa shape index (κ1) is 27.4. The fourth-order valence-corrected chi connectivity index (χ4v) is 4.94. The maximum atomic E-state index is 13.5. The molecule has 0 saturated carbocycles. The van der Waals surface area contributed by atoms with Gasteiger partial charge in [-0.2, -0.15) is 5.10 Å². The number of sulfonamides is 1. The van der Waals surface area contributed by atoms with Gasteiger partial charge in [0.25, 0.3) is 15.9 Å². The van der Waals surface area contributed by atoms with E-state index in [2.05, 4.69) is 15.3 Å². The number of benzene rings is 3. The average Bonchev–Trinajstić information content (AvgIpc) is 2.86. The molecule has 0 saturated heterocycles. The Bertz CT molecular complexity index is 1400. The van der Waals surface area contributed by atoms with Crippen molar-refractivity contribution in [3.05, 3.63) is 89.0 Å². The van der Waals surface area contributed by atoms with Crippen molar-refractivity contribution >= 4 is 33.8 Å². The SMILES string of the molecule is COC(=O)COc1cccc(/C=N\NC(=O)CN(c2ccc(C)cc2C)S(=O)(=O)c2ccc(C)cc2)c1. The van der Waals surface area contributed by atoms with Gasteiger partial charge in [-0.25, -0.2) is 18.6 Å². The van der Waals surface area contributed by atoms with Gasteiger partial charge in [-0.05, 0) is 62.2 Å². The van der Waals surface area contributed by atoms with Crippen LogP contribution in [0.3, 0.4) is 0 Å². The van der Waals surface area contributed by atoms with Crippen molar-refractivity contribution < 1.29 is 27.5 Å². The van der Waals surface area contributed by atoms with Crippen molar-refractivity contribution in [2.45, 2.75) is 25.7 Å². The van der Waals surface area contributed by atoms with Gasteiger partial charge in [-0.15, -0.1) is 0 Å². The number of nitrogens with one attached hydrogen (secondary N) is 1. The Kier molecular flexibility index (Phi) is 9.02. The molecule has 0 radical (unpaired) electrons. The maximum absolute atomic E-state index is 13.5. The quantitative estimate of drug-likeness (QED) is 0.247. The summed E-state index contributed by atoms with van der Waals surface area (Å²) in [6, 6.07) is 18.5. The molecule has 10 heteroatoms. The van der Waals surface area contributed by atoms with Gasteiger partial charge >= 0.3 is 5.97 Å². The molecule has 9 nitrogen and oxygen atoms in total.